The van der Waals surface area contributed by atoms with E-state index in [0.717, 1.165) is 11.1 Å². The molecule has 0 aromatic heterocycles. The molecule has 1 saturated heterocycles. The minimum absolute atomic E-state index is 0. The normalized spacial score (nSPS) is 13.8. The van der Waals surface area contributed by atoms with Gasteiger partial charge in [-0.05, 0) is 35.4 Å². The van der Waals surface area contributed by atoms with Crippen molar-refractivity contribution >= 4 is 41.8 Å². The number of nitrogens with zero attached hydrogens (tertiary/aromatic N) is 3. The molecule has 0 saturated carbocycles. The Kier molecular flexibility index (Phi) is 9.22. The van der Waals surface area contributed by atoms with Crippen LogP contribution in [0.3, 0.4) is 0 Å². The summed E-state index contributed by atoms with van der Waals surface area (Å²) in [4.78, 5) is 31.8. The maximum atomic E-state index is 13.1. The summed E-state index contributed by atoms with van der Waals surface area (Å²) in [5, 5.41) is 6.00. The number of rotatable bonds is 5. The number of benzene rings is 2. The second-order valence-electron chi connectivity index (χ2n) is 7.16. The number of halogens is 2. The van der Waals surface area contributed by atoms with E-state index in [0.29, 0.717) is 37.7 Å². The molecule has 0 radical (unpaired) electrons. The van der Waals surface area contributed by atoms with Gasteiger partial charge in [-0.15, -0.1) is 24.0 Å². The van der Waals surface area contributed by atoms with Crippen LogP contribution in [0.1, 0.15) is 21.5 Å². The van der Waals surface area contributed by atoms with E-state index < -0.39 is 0 Å². The second kappa shape index (κ2) is 11.6. The molecule has 2 aromatic carbocycles. The third-order valence-corrected chi connectivity index (χ3v) is 4.88. The smallest absolute Gasteiger partial charge is 0.254 e. The Balaban J connectivity index is 0.00000341. The van der Waals surface area contributed by atoms with Gasteiger partial charge in [0.25, 0.3) is 5.91 Å². The van der Waals surface area contributed by atoms with Crippen LogP contribution in [0.15, 0.2) is 53.5 Å². The molecule has 1 aliphatic heterocycles. The molecule has 2 N–H and O–H groups in total. The summed E-state index contributed by atoms with van der Waals surface area (Å²) in [5.41, 5.74) is 2.54. The quantitative estimate of drug-likeness (QED) is 0.347. The third-order valence-electron chi connectivity index (χ3n) is 4.88. The Morgan fingerprint density at radius 3 is 2.42 bits per heavy atom. The van der Waals surface area contributed by atoms with Crippen molar-refractivity contribution in [2.24, 2.45) is 4.99 Å². The van der Waals surface area contributed by atoms with Gasteiger partial charge in [0.1, 0.15) is 5.82 Å². The maximum absolute atomic E-state index is 13.1. The average Bonchev–Trinajstić information content (AvgIpc) is 2.76. The van der Waals surface area contributed by atoms with Crippen LogP contribution in [0.25, 0.3) is 0 Å². The summed E-state index contributed by atoms with van der Waals surface area (Å²) in [6.45, 7) is 2.23. The summed E-state index contributed by atoms with van der Waals surface area (Å²) < 4.78 is 13.1. The fourth-order valence-corrected chi connectivity index (χ4v) is 3.26. The summed E-state index contributed by atoms with van der Waals surface area (Å²) in [5.74, 6) is 0.180. The number of amides is 2. The van der Waals surface area contributed by atoms with Crippen molar-refractivity contribution in [3.63, 3.8) is 0 Å². The van der Waals surface area contributed by atoms with Crippen molar-refractivity contribution in [3.8, 4) is 0 Å². The van der Waals surface area contributed by atoms with Crippen LogP contribution in [-0.4, -0.2) is 61.3 Å². The number of aliphatic imine (C=N–C) groups is 1. The van der Waals surface area contributed by atoms with Gasteiger partial charge in [-0.3, -0.25) is 14.6 Å². The van der Waals surface area contributed by atoms with E-state index in [2.05, 4.69) is 15.6 Å². The summed E-state index contributed by atoms with van der Waals surface area (Å²) in [6.07, 6.45) is 0. The lowest BCUT2D eigenvalue weighted by Crippen LogP contribution is -2.49. The van der Waals surface area contributed by atoms with Crippen molar-refractivity contribution in [2.45, 2.75) is 13.1 Å². The van der Waals surface area contributed by atoms with Crippen LogP contribution in [0, 0.1) is 5.82 Å². The topological polar surface area (TPSA) is 77.0 Å². The lowest BCUT2D eigenvalue weighted by atomic mass is 10.1. The largest absolute Gasteiger partial charge is 0.353 e. The number of carbonyl (C=O) groups is 2. The van der Waals surface area contributed by atoms with E-state index in [-0.39, 0.29) is 48.2 Å². The first kappa shape index (κ1) is 24.6. The van der Waals surface area contributed by atoms with Gasteiger partial charge >= 0.3 is 0 Å². The molecule has 1 aliphatic rings. The molecule has 0 unspecified atom stereocenters. The van der Waals surface area contributed by atoms with Crippen molar-refractivity contribution in [1.29, 1.82) is 0 Å². The molecule has 0 spiro atoms. The molecule has 1 fully saturated rings. The fraction of sp³-hybridized carbons (Fsp3) is 0.318. The first-order chi connectivity index (χ1) is 14.5. The number of piperazine rings is 1. The average molecular weight is 539 g/mol. The minimum atomic E-state index is -0.255. The fourth-order valence-electron chi connectivity index (χ4n) is 3.26. The van der Waals surface area contributed by atoms with E-state index in [1.54, 1.807) is 36.2 Å². The lowest BCUT2D eigenvalue weighted by molar-refractivity contribution is -0.123. The van der Waals surface area contributed by atoms with Crippen LogP contribution < -0.4 is 10.6 Å². The Morgan fingerprint density at radius 2 is 1.81 bits per heavy atom. The highest BCUT2D eigenvalue weighted by molar-refractivity contribution is 14.0. The zero-order valence-corrected chi connectivity index (χ0v) is 19.9. The molecule has 0 aliphatic carbocycles. The number of nitrogens with one attached hydrogen (secondary N) is 2. The zero-order chi connectivity index (χ0) is 21.5. The molecule has 9 heteroatoms. The molecule has 3 rings (SSSR count). The molecule has 0 bridgehead atoms. The Labute approximate surface area is 198 Å². The van der Waals surface area contributed by atoms with Gasteiger partial charge in [-0.1, -0.05) is 24.3 Å². The highest BCUT2D eigenvalue weighted by atomic mass is 127. The summed E-state index contributed by atoms with van der Waals surface area (Å²) in [7, 11) is 3.62. The number of hydrogen-bond donors (Lipinski definition) is 2. The molecule has 7 nitrogen and oxygen atoms in total. The van der Waals surface area contributed by atoms with Gasteiger partial charge < -0.3 is 20.4 Å². The molecule has 2 amide bonds. The highest BCUT2D eigenvalue weighted by Crippen LogP contribution is 2.10. The van der Waals surface area contributed by atoms with Crippen molar-refractivity contribution in [3.05, 3.63) is 71.0 Å². The first-order valence-corrected chi connectivity index (χ1v) is 9.77. The monoisotopic (exact) mass is 539 g/mol. The Hall–Kier alpha value is -2.69. The van der Waals surface area contributed by atoms with Crippen LogP contribution in [0.4, 0.5) is 4.39 Å². The van der Waals surface area contributed by atoms with Gasteiger partial charge in [0.15, 0.2) is 5.96 Å². The number of carbonyl (C=O) groups excluding carboxylic acids is 2. The van der Waals surface area contributed by atoms with Crippen molar-refractivity contribution in [1.82, 2.24) is 20.4 Å². The van der Waals surface area contributed by atoms with E-state index in [1.807, 2.05) is 24.1 Å². The highest BCUT2D eigenvalue weighted by Gasteiger charge is 2.22. The molecular weight excluding hydrogens is 512 g/mol. The zero-order valence-electron chi connectivity index (χ0n) is 17.6. The van der Waals surface area contributed by atoms with E-state index in [9.17, 15) is 14.0 Å². The lowest BCUT2D eigenvalue weighted by Gasteiger charge is -2.26. The van der Waals surface area contributed by atoms with E-state index in [4.69, 9.17) is 0 Å². The molecule has 1 heterocycles. The van der Waals surface area contributed by atoms with Gasteiger partial charge in [-0.25, -0.2) is 4.39 Å². The molecule has 0 atom stereocenters. The van der Waals surface area contributed by atoms with Gasteiger partial charge in [0, 0.05) is 45.8 Å². The number of hydrogen-bond acceptors (Lipinski definition) is 3. The van der Waals surface area contributed by atoms with Crippen LogP contribution in [0.5, 0.6) is 0 Å². The Morgan fingerprint density at radius 1 is 1.16 bits per heavy atom. The van der Waals surface area contributed by atoms with Crippen LogP contribution in [-0.2, 0) is 17.9 Å². The van der Waals surface area contributed by atoms with Gasteiger partial charge in [0.2, 0.25) is 5.91 Å². The third kappa shape index (κ3) is 6.91. The van der Waals surface area contributed by atoms with Crippen LogP contribution >= 0.6 is 24.0 Å². The molecule has 166 valence electrons. The maximum Gasteiger partial charge on any atom is 0.254 e. The predicted molar refractivity (Wildman–Crippen MR) is 129 cm³/mol. The van der Waals surface area contributed by atoms with Crippen molar-refractivity contribution in [2.75, 3.05) is 33.7 Å². The Bertz CT molecular complexity index is 919. The predicted octanol–water partition coefficient (Wildman–Crippen LogP) is 2.22. The van der Waals surface area contributed by atoms with Gasteiger partial charge in [0.05, 0.1) is 6.54 Å². The standard InChI is InChI=1S/C22H26FN5O2.HI/c1-24-22(27(2)14-17-5-9-19(23)10-6-17)26-13-16-3-7-18(8-4-16)21(30)28-12-11-25-20(29)15-28;/h3-10H,11-15H2,1-2H3,(H,24,26)(H,25,29);1H. The number of guanidine groups is 1. The molecule has 31 heavy (non-hydrogen) atoms. The summed E-state index contributed by atoms with van der Waals surface area (Å²) >= 11 is 0. The van der Waals surface area contributed by atoms with Crippen LogP contribution in [0.2, 0.25) is 0 Å². The van der Waals surface area contributed by atoms with E-state index >= 15 is 0 Å². The molecule has 2 aromatic rings. The second-order valence-corrected chi connectivity index (χ2v) is 7.16. The SMILES string of the molecule is CN=C(NCc1ccc(C(=O)N2CCNC(=O)C2)cc1)N(C)Cc1ccc(F)cc1.I. The molecular formula is C22H27FIN5O2. The minimum Gasteiger partial charge on any atom is -0.353 e. The van der Waals surface area contributed by atoms with E-state index in [1.165, 1.54) is 12.1 Å². The summed E-state index contributed by atoms with van der Waals surface area (Å²) in [6, 6.07) is 13.7. The van der Waals surface area contributed by atoms with Crippen molar-refractivity contribution < 1.29 is 14.0 Å². The first-order valence-electron chi connectivity index (χ1n) is 9.77. The van der Waals surface area contributed by atoms with Gasteiger partial charge in [-0.2, -0.15) is 0 Å².